The molecule has 4 heteroatoms. The molecule has 1 aromatic rings. The standard InChI is InChI=1S/C16H23NO3/c1-15(2)13(18)9-10-17(16(15,3)4)12-7-5-11(6-8-12)14(19)20/h5-8,13,18H,9-10H2,1-4H3,(H,19,20). The quantitative estimate of drug-likeness (QED) is 0.872. The summed E-state index contributed by atoms with van der Waals surface area (Å²) in [5.41, 5.74) is 0.842. The van der Waals surface area contributed by atoms with Crippen molar-refractivity contribution in [3.8, 4) is 0 Å². The zero-order valence-electron chi connectivity index (χ0n) is 12.6. The molecule has 2 rings (SSSR count). The lowest BCUT2D eigenvalue weighted by Gasteiger charge is -2.56. The number of carboxylic acids is 1. The first-order valence-corrected chi connectivity index (χ1v) is 6.97. The van der Waals surface area contributed by atoms with Gasteiger partial charge in [0.25, 0.3) is 0 Å². The van der Waals surface area contributed by atoms with Crippen LogP contribution in [0.4, 0.5) is 5.69 Å². The second-order valence-electron chi connectivity index (χ2n) is 6.59. The monoisotopic (exact) mass is 277 g/mol. The summed E-state index contributed by atoms with van der Waals surface area (Å²) in [4.78, 5) is 13.2. The highest BCUT2D eigenvalue weighted by molar-refractivity contribution is 5.88. The Morgan fingerprint density at radius 3 is 2.25 bits per heavy atom. The van der Waals surface area contributed by atoms with Crippen molar-refractivity contribution < 1.29 is 15.0 Å². The van der Waals surface area contributed by atoms with Crippen LogP contribution in [0, 0.1) is 5.41 Å². The molecule has 1 saturated heterocycles. The third-order valence-corrected chi connectivity index (χ3v) is 5.14. The summed E-state index contributed by atoms with van der Waals surface area (Å²) in [6.07, 6.45) is 0.393. The zero-order valence-corrected chi connectivity index (χ0v) is 12.6. The number of carbonyl (C=O) groups is 1. The molecular weight excluding hydrogens is 254 g/mol. The Hall–Kier alpha value is -1.55. The molecule has 1 atom stereocenters. The van der Waals surface area contributed by atoms with Crippen LogP contribution in [-0.4, -0.2) is 34.4 Å². The summed E-state index contributed by atoms with van der Waals surface area (Å²) in [6.45, 7) is 9.18. The summed E-state index contributed by atoms with van der Waals surface area (Å²) < 4.78 is 0. The van der Waals surface area contributed by atoms with Gasteiger partial charge in [0.05, 0.1) is 11.7 Å². The number of aromatic carboxylic acids is 1. The summed E-state index contributed by atoms with van der Waals surface area (Å²) in [6, 6.07) is 6.95. The molecule has 0 bridgehead atoms. The first-order chi connectivity index (χ1) is 9.18. The lowest BCUT2D eigenvalue weighted by Crippen LogP contribution is -2.63. The maximum atomic E-state index is 10.9. The first kappa shape index (κ1) is 14.9. The van der Waals surface area contributed by atoms with Gasteiger partial charge in [-0.15, -0.1) is 0 Å². The Bertz CT molecular complexity index is 505. The van der Waals surface area contributed by atoms with Crippen LogP contribution >= 0.6 is 0 Å². The fourth-order valence-corrected chi connectivity index (χ4v) is 2.88. The molecule has 1 fully saturated rings. The Labute approximate surface area is 120 Å². The number of hydrogen-bond donors (Lipinski definition) is 2. The largest absolute Gasteiger partial charge is 0.478 e. The van der Waals surface area contributed by atoms with Crippen molar-refractivity contribution in [2.45, 2.75) is 45.8 Å². The summed E-state index contributed by atoms with van der Waals surface area (Å²) in [5, 5.41) is 19.2. The van der Waals surface area contributed by atoms with Crippen molar-refractivity contribution in [3.05, 3.63) is 29.8 Å². The van der Waals surface area contributed by atoms with Crippen molar-refractivity contribution in [2.24, 2.45) is 5.41 Å². The number of rotatable bonds is 2. The molecule has 110 valence electrons. The van der Waals surface area contributed by atoms with E-state index in [9.17, 15) is 9.90 Å². The SMILES string of the molecule is CC1(C)C(O)CCN(c2ccc(C(=O)O)cc2)C1(C)C. The van der Waals surface area contributed by atoms with Crippen LogP contribution in [0.5, 0.6) is 0 Å². The highest BCUT2D eigenvalue weighted by atomic mass is 16.4. The fourth-order valence-electron chi connectivity index (χ4n) is 2.88. The van der Waals surface area contributed by atoms with Gasteiger partial charge in [-0.25, -0.2) is 4.79 Å². The lowest BCUT2D eigenvalue weighted by atomic mass is 9.66. The van der Waals surface area contributed by atoms with E-state index in [1.54, 1.807) is 12.1 Å². The topological polar surface area (TPSA) is 60.8 Å². The number of aliphatic hydroxyl groups excluding tert-OH is 1. The van der Waals surface area contributed by atoms with E-state index in [1.807, 2.05) is 12.1 Å². The van der Waals surface area contributed by atoms with Crippen LogP contribution in [0.15, 0.2) is 24.3 Å². The average Bonchev–Trinajstić information content (AvgIpc) is 2.37. The first-order valence-electron chi connectivity index (χ1n) is 6.97. The Balaban J connectivity index is 2.35. The number of aliphatic hydroxyl groups is 1. The third-order valence-electron chi connectivity index (χ3n) is 5.14. The molecule has 0 radical (unpaired) electrons. The van der Waals surface area contributed by atoms with E-state index >= 15 is 0 Å². The van der Waals surface area contributed by atoms with Crippen molar-refractivity contribution in [3.63, 3.8) is 0 Å². The highest BCUT2D eigenvalue weighted by Crippen LogP contribution is 2.45. The zero-order chi connectivity index (χ0) is 15.1. The van der Waals surface area contributed by atoms with Crippen molar-refractivity contribution in [2.75, 3.05) is 11.4 Å². The fraction of sp³-hybridized carbons (Fsp3) is 0.562. The van der Waals surface area contributed by atoms with Crippen LogP contribution in [0.3, 0.4) is 0 Å². The minimum atomic E-state index is -0.912. The minimum Gasteiger partial charge on any atom is -0.478 e. The highest BCUT2D eigenvalue weighted by Gasteiger charge is 2.49. The second kappa shape index (κ2) is 4.77. The molecule has 2 N–H and O–H groups in total. The number of hydrogen-bond acceptors (Lipinski definition) is 3. The van der Waals surface area contributed by atoms with E-state index in [0.717, 1.165) is 18.7 Å². The van der Waals surface area contributed by atoms with Gasteiger partial charge in [0, 0.05) is 23.2 Å². The van der Waals surface area contributed by atoms with Gasteiger partial charge in [0.1, 0.15) is 0 Å². The maximum Gasteiger partial charge on any atom is 0.335 e. The molecule has 0 spiro atoms. The van der Waals surface area contributed by atoms with Gasteiger partial charge in [-0.2, -0.15) is 0 Å². The summed E-state index contributed by atoms with van der Waals surface area (Å²) in [5.74, 6) is -0.912. The van der Waals surface area contributed by atoms with E-state index in [1.165, 1.54) is 0 Å². The van der Waals surface area contributed by atoms with E-state index in [0.29, 0.717) is 5.56 Å². The van der Waals surface area contributed by atoms with Gasteiger partial charge in [-0.05, 0) is 44.5 Å². The molecule has 0 saturated carbocycles. The molecular formula is C16H23NO3. The van der Waals surface area contributed by atoms with E-state index in [4.69, 9.17) is 5.11 Å². The molecule has 1 aromatic carbocycles. The normalized spacial score (nSPS) is 24.4. The molecule has 1 aliphatic heterocycles. The van der Waals surface area contributed by atoms with Crippen molar-refractivity contribution in [1.29, 1.82) is 0 Å². The third kappa shape index (κ3) is 2.18. The van der Waals surface area contributed by atoms with Crippen LogP contribution in [0.25, 0.3) is 0 Å². The molecule has 20 heavy (non-hydrogen) atoms. The van der Waals surface area contributed by atoms with Crippen LogP contribution < -0.4 is 4.90 Å². The molecule has 1 unspecified atom stereocenters. The maximum absolute atomic E-state index is 10.9. The number of benzene rings is 1. The summed E-state index contributed by atoms with van der Waals surface area (Å²) >= 11 is 0. The smallest absolute Gasteiger partial charge is 0.335 e. The van der Waals surface area contributed by atoms with Crippen LogP contribution in [0.2, 0.25) is 0 Å². The minimum absolute atomic E-state index is 0.213. The van der Waals surface area contributed by atoms with E-state index in [2.05, 4.69) is 32.6 Å². The predicted molar refractivity (Wildman–Crippen MR) is 79.2 cm³/mol. The molecule has 1 heterocycles. The summed E-state index contributed by atoms with van der Waals surface area (Å²) in [7, 11) is 0. The van der Waals surface area contributed by atoms with Crippen molar-refractivity contribution in [1.82, 2.24) is 0 Å². The predicted octanol–water partition coefficient (Wildman–Crippen LogP) is 2.76. The van der Waals surface area contributed by atoms with Gasteiger partial charge in [-0.3, -0.25) is 0 Å². The number of anilines is 1. The van der Waals surface area contributed by atoms with Gasteiger partial charge in [0.15, 0.2) is 0 Å². The van der Waals surface area contributed by atoms with Gasteiger partial charge >= 0.3 is 5.97 Å². The molecule has 0 amide bonds. The van der Waals surface area contributed by atoms with Gasteiger partial charge in [-0.1, -0.05) is 13.8 Å². The molecule has 1 aliphatic rings. The van der Waals surface area contributed by atoms with Crippen LogP contribution in [0.1, 0.15) is 44.5 Å². The van der Waals surface area contributed by atoms with Crippen molar-refractivity contribution >= 4 is 11.7 Å². The lowest BCUT2D eigenvalue weighted by molar-refractivity contribution is -0.0248. The average molecular weight is 277 g/mol. The number of carboxylic acid groups (broad SMARTS) is 1. The van der Waals surface area contributed by atoms with Gasteiger partial charge in [0.2, 0.25) is 0 Å². The number of piperidine rings is 1. The van der Waals surface area contributed by atoms with E-state index < -0.39 is 5.97 Å². The molecule has 0 aromatic heterocycles. The molecule has 4 nitrogen and oxygen atoms in total. The van der Waals surface area contributed by atoms with Crippen LogP contribution in [-0.2, 0) is 0 Å². The number of nitrogens with zero attached hydrogens (tertiary/aromatic N) is 1. The van der Waals surface area contributed by atoms with E-state index in [-0.39, 0.29) is 17.1 Å². The van der Waals surface area contributed by atoms with Gasteiger partial charge < -0.3 is 15.1 Å². The Morgan fingerprint density at radius 2 is 1.75 bits per heavy atom. The second-order valence-corrected chi connectivity index (χ2v) is 6.59. The Morgan fingerprint density at radius 1 is 1.20 bits per heavy atom. The Kier molecular flexibility index (Phi) is 3.54. The molecule has 0 aliphatic carbocycles.